The molecule has 2 aromatic heterocycles. The van der Waals surface area contributed by atoms with Gasteiger partial charge in [0.05, 0.1) is 11.8 Å². The van der Waals surface area contributed by atoms with Gasteiger partial charge in [0, 0.05) is 25.8 Å². The summed E-state index contributed by atoms with van der Waals surface area (Å²) in [6.07, 6.45) is 2.07. The van der Waals surface area contributed by atoms with Crippen LogP contribution in [0.1, 0.15) is 0 Å². The van der Waals surface area contributed by atoms with Crippen LogP contribution in [0.25, 0.3) is 20.7 Å². The number of ether oxygens (including phenoxy) is 2. The Balaban J connectivity index is 1.67. The lowest BCUT2D eigenvalue weighted by Crippen LogP contribution is -2.22. The summed E-state index contributed by atoms with van der Waals surface area (Å²) < 4.78 is 14.1. The molecule has 24 heavy (non-hydrogen) atoms. The van der Waals surface area contributed by atoms with Crippen LogP contribution in [-0.4, -0.2) is 31.6 Å². The van der Waals surface area contributed by atoms with Crippen molar-refractivity contribution in [1.29, 1.82) is 0 Å². The first-order valence-corrected chi connectivity index (χ1v) is 12.7. The average Bonchev–Trinajstić information content (AvgIpc) is 3.09. The predicted octanol–water partition coefficient (Wildman–Crippen LogP) is 5.09. The van der Waals surface area contributed by atoms with Crippen LogP contribution >= 0.6 is 11.3 Å². The van der Waals surface area contributed by atoms with Crippen LogP contribution < -0.4 is 4.74 Å². The molecule has 0 unspecified atom stereocenters. The third-order valence-corrected chi connectivity index (χ3v) is 6.63. The number of nitrogens with zero attached hydrogens (tertiary/aromatic N) is 2. The summed E-state index contributed by atoms with van der Waals surface area (Å²) in [6.45, 7) is 8.43. The smallest absolute Gasteiger partial charge is 0.139 e. The third kappa shape index (κ3) is 4.26. The maximum atomic E-state index is 5.76. The Kier molecular flexibility index (Phi) is 5.08. The molecule has 4 nitrogen and oxygen atoms in total. The molecule has 3 rings (SSSR count). The van der Waals surface area contributed by atoms with Crippen molar-refractivity contribution >= 4 is 29.6 Å². The quantitative estimate of drug-likeness (QED) is 0.435. The van der Waals surface area contributed by atoms with E-state index in [9.17, 15) is 0 Å². The van der Waals surface area contributed by atoms with E-state index in [1.165, 1.54) is 15.6 Å². The van der Waals surface area contributed by atoms with Gasteiger partial charge in [0.25, 0.3) is 0 Å². The largest absolute Gasteiger partial charge is 0.497 e. The molecule has 0 N–H and O–H groups in total. The molecule has 0 atom stereocenters. The summed E-state index contributed by atoms with van der Waals surface area (Å²) in [5.74, 6) is 0.874. The number of benzene rings is 1. The van der Waals surface area contributed by atoms with Gasteiger partial charge in [0.2, 0.25) is 0 Å². The highest BCUT2D eigenvalue weighted by molar-refractivity contribution is 7.22. The minimum atomic E-state index is -1.03. The highest BCUT2D eigenvalue weighted by Crippen LogP contribution is 2.34. The number of thiophene rings is 1. The molecule has 0 aliphatic heterocycles. The molecule has 0 aliphatic carbocycles. The van der Waals surface area contributed by atoms with Gasteiger partial charge < -0.3 is 9.47 Å². The van der Waals surface area contributed by atoms with Crippen LogP contribution in [-0.2, 0) is 11.5 Å². The van der Waals surface area contributed by atoms with Crippen LogP contribution in [0.5, 0.6) is 5.75 Å². The highest BCUT2D eigenvalue weighted by Gasteiger charge is 2.12. The van der Waals surface area contributed by atoms with Crippen LogP contribution in [0.3, 0.4) is 0 Å². The van der Waals surface area contributed by atoms with Crippen molar-refractivity contribution in [3.05, 3.63) is 36.5 Å². The second-order valence-electron chi connectivity index (χ2n) is 7.11. The standard InChI is InChI=1S/C18H24N2O2SSi/c1-21-15-7-5-6-14(10-15)17-11-16-18(23-17)12-20(19-16)13-22-8-9-24(2,3)4/h5-7,10-12H,8-9,13H2,1-4H3. The Morgan fingerprint density at radius 3 is 2.75 bits per heavy atom. The molecule has 0 amide bonds. The SMILES string of the molecule is COc1cccc(-c2cc3nn(COCC[Si](C)(C)C)cc3s2)c1. The maximum Gasteiger partial charge on any atom is 0.139 e. The van der Waals surface area contributed by atoms with Gasteiger partial charge in [-0.15, -0.1) is 11.3 Å². The van der Waals surface area contributed by atoms with Crippen molar-refractivity contribution in [2.24, 2.45) is 0 Å². The second-order valence-corrected chi connectivity index (χ2v) is 13.8. The third-order valence-electron chi connectivity index (χ3n) is 3.82. The van der Waals surface area contributed by atoms with E-state index in [1.54, 1.807) is 18.4 Å². The minimum absolute atomic E-state index is 0.528. The zero-order valence-corrected chi connectivity index (χ0v) is 16.5. The van der Waals surface area contributed by atoms with Gasteiger partial charge in [-0.05, 0) is 29.8 Å². The summed E-state index contributed by atoms with van der Waals surface area (Å²) >= 11 is 1.75. The van der Waals surface area contributed by atoms with Crippen LogP contribution in [0.15, 0.2) is 36.5 Å². The fourth-order valence-electron chi connectivity index (χ4n) is 2.39. The molecule has 3 aromatic rings. The fraction of sp³-hybridized carbons (Fsp3) is 0.389. The van der Waals surface area contributed by atoms with Gasteiger partial charge >= 0.3 is 0 Å². The molecule has 2 heterocycles. The first kappa shape index (κ1) is 17.2. The summed E-state index contributed by atoms with van der Waals surface area (Å²) in [6, 6.07) is 11.4. The lowest BCUT2D eigenvalue weighted by molar-refractivity contribution is 0.0791. The number of methoxy groups -OCH3 is 1. The number of hydrogen-bond acceptors (Lipinski definition) is 4. The van der Waals surface area contributed by atoms with Gasteiger partial charge in [-0.2, -0.15) is 5.10 Å². The van der Waals surface area contributed by atoms with E-state index in [2.05, 4.69) is 49.1 Å². The molecule has 0 radical (unpaired) electrons. The van der Waals surface area contributed by atoms with Crippen molar-refractivity contribution in [2.75, 3.05) is 13.7 Å². The molecule has 0 fully saturated rings. The Morgan fingerprint density at radius 2 is 2.04 bits per heavy atom. The lowest BCUT2D eigenvalue weighted by Gasteiger charge is -2.15. The number of hydrogen-bond donors (Lipinski definition) is 0. The average molecular weight is 361 g/mol. The molecule has 0 saturated carbocycles. The Hall–Kier alpha value is -1.63. The molecular formula is C18H24N2O2SSi. The van der Waals surface area contributed by atoms with Crippen LogP contribution in [0, 0.1) is 0 Å². The number of fused-ring (bicyclic) bond motifs is 1. The van der Waals surface area contributed by atoms with Crippen molar-refractivity contribution in [2.45, 2.75) is 32.4 Å². The Labute approximate surface area is 148 Å². The molecular weight excluding hydrogens is 336 g/mol. The second kappa shape index (κ2) is 7.09. The van der Waals surface area contributed by atoms with Crippen molar-refractivity contribution < 1.29 is 9.47 Å². The summed E-state index contributed by atoms with van der Waals surface area (Å²) in [4.78, 5) is 1.21. The number of aromatic nitrogens is 2. The van der Waals surface area contributed by atoms with Crippen LogP contribution in [0.2, 0.25) is 25.7 Å². The predicted molar refractivity (Wildman–Crippen MR) is 104 cm³/mol. The van der Waals surface area contributed by atoms with Crippen LogP contribution in [0.4, 0.5) is 0 Å². The monoisotopic (exact) mass is 360 g/mol. The van der Waals surface area contributed by atoms with Crippen molar-refractivity contribution in [3.8, 4) is 16.2 Å². The summed E-state index contributed by atoms with van der Waals surface area (Å²) in [5, 5.41) is 4.62. The maximum absolute atomic E-state index is 5.76. The minimum Gasteiger partial charge on any atom is -0.497 e. The highest BCUT2D eigenvalue weighted by atomic mass is 32.1. The fourth-order valence-corrected chi connectivity index (χ4v) is 4.18. The molecule has 0 aliphatic rings. The van der Waals surface area contributed by atoms with E-state index in [-0.39, 0.29) is 0 Å². The van der Waals surface area contributed by atoms with Gasteiger partial charge in [-0.3, -0.25) is 0 Å². The zero-order chi connectivity index (χ0) is 17.2. The molecule has 1 aromatic carbocycles. The van der Waals surface area contributed by atoms with E-state index < -0.39 is 8.07 Å². The van der Waals surface area contributed by atoms with Gasteiger partial charge in [0.15, 0.2) is 0 Å². The summed E-state index contributed by atoms with van der Waals surface area (Å²) in [7, 11) is 0.661. The normalized spacial score (nSPS) is 12.0. The molecule has 0 spiro atoms. The van der Waals surface area contributed by atoms with E-state index in [0.29, 0.717) is 6.73 Å². The molecule has 128 valence electrons. The summed E-state index contributed by atoms with van der Waals surface area (Å²) in [5.41, 5.74) is 2.18. The van der Waals surface area contributed by atoms with Crippen molar-refractivity contribution in [1.82, 2.24) is 9.78 Å². The number of rotatable bonds is 7. The Bertz CT molecular complexity index is 788. The first-order valence-electron chi connectivity index (χ1n) is 8.14. The van der Waals surface area contributed by atoms with E-state index >= 15 is 0 Å². The van der Waals surface area contributed by atoms with Gasteiger partial charge in [-0.1, -0.05) is 31.8 Å². The molecule has 0 bridgehead atoms. The van der Waals surface area contributed by atoms with E-state index in [1.807, 2.05) is 16.8 Å². The first-order chi connectivity index (χ1) is 11.4. The van der Waals surface area contributed by atoms with E-state index in [4.69, 9.17) is 9.47 Å². The lowest BCUT2D eigenvalue weighted by atomic mass is 10.2. The van der Waals surface area contributed by atoms with Gasteiger partial charge in [-0.25, -0.2) is 4.68 Å². The van der Waals surface area contributed by atoms with E-state index in [0.717, 1.165) is 23.4 Å². The molecule has 0 saturated heterocycles. The van der Waals surface area contributed by atoms with Crippen molar-refractivity contribution in [3.63, 3.8) is 0 Å². The Morgan fingerprint density at radius 1 is 1.21 bits per heavy atom. The molecule has 6 heteroatoms. The van der Waals surface area contributed by atoms with Gasteiger partial charge in [0.1, 0.15) is 18.0 Å². The topological polar surface area (TPSA) is 36.3 Å². The zero-order valence-electron chi connectivity index (χ0n) is 14.7.